The van der Waals surface area contributed by atoms with E-state index in [-0.39, 0.29) is 0 Å². The van der Waals surface area contributed by atoms with Crippen LogP contribution < -0.4 is 0 Å². The highest BCUT2D eigenvalue weighted by Gasteiger charge is 1.99. The number of rotatable bonds is 6. The molecule has 0 aliphatic carbocycles. The van der Waals surface area contributed by atoms with Crippen LogP contribution in [0.3, 0.4) is 0 Å². The van der Waals surface area contributed by atoms with Crippen molar-refractivity contribution in [2.45, 2.75) is 39.0 Å². The zero-order valence-corrected chi connectivity index (χ0v) is 10.3. The Labute approximate surface area is 90.3 Å². The molecule has 0 aromatic heterocycles. The van der Waals surface area contributed by atoms with Crippen molar-refractivity contribution >= 4 is 9.24 Å². The molecule has 78 valence electrons. The zero-order valence-electron chi connectivity index (χ0n) is 9.13. The first-order valence-electron chi connectivity index (χ1n) is 5.65. The largest absolute Gasteiger partial charge is 0.138 e. The van der Waals surface area contributed by atoms with E-state index in [4.69, 9.17) is 0 Å². The highest BCUT2D eigenvalue weighted by atomic mass is 31.0. The topological polar surface area (TPSA) is 0 Å². The maximum absolute atomic E-state index is 2.80. The van der Waals surface area contributed by atoms with Gasteiger partial charge in [0.2, 0.25) is 0 Å². The summed E-state index contributed by atoms with van der Waals surface area (Å²) < 4.78 is 0. The zero-order chi connectivity index (χ0) is 10.2. The molecular formula is C13H21P. The predicted molar refractivity (Wildman–Crippen MR) is 68.0 cm³/mol. The highest BCUT2D eigenvalue weighted by molar-refractivity contribution is 7.16. The molecule has 1 aromatic carbocycles. The van der Waals surface area contributed by atoms with Gasteiger partial charge >= 0.3 is 0 Å². The van der Waals surface area contributed by atoms with E-state index in [0.29, 0.717) is 0 Å². The fourth-order valence-corrected chi connectivity index (χ4v) is 1.91. The molecule has 0 radical (unpaired) electrons. The lowest BCUT2D eigenvalue weighted by Crippen LogP contribution is -1.94. The molecule has 1 atom stereocenters. The third-order valence-corrected chi connectivity index (χ3v) is 2.98. The maximum atomic E-state index is 2.80. The van der Waals surface area contributed by atoms with Crippen LogP contribution in [0.2, 0.25) is 0 Å². The summed E-state index contributed by atoms with van der Waals surface area (Å²) in [6.45, 7) is 2.26. The molecule has 0 N–H and O–H groups in total. The molecule has 0 aliphatic heterocycles. The van der Waals surface area contributed by atoms with Crippen molar-refractivity contribution in [3.05, 3.63) is 35.4 Å². The smallest absolute Gasteiger partial charge is 0.0273 e. The van der Waals surface area contributed by atoms with Crippen molar-refractivity contribution in [1.82, 2.24) is 0 Å². The SMILES string of the molecule is CCCCc1ccccc1CCCP. The lowest BCUT2D eigenvalue weighted by atomic mass is 9.99. The van der Waals surface area contributed by atoms with Crippen molar-refractivity contribution in [3.8, 4) is 0 Å². The summed E-state index contributed by atoms with van der Waals surface area (Å²) in [4.78, 5) is 0. The van der Waals surface area contributed by atoms with E-state index < -0.39 is 0 Å². The average molecular weight is 208 g/mol. The van der Waals surface area contributed by atoms with Gasteiger partial charge in [-0.2, -0.15) is 0 Å². The monoisotopic (exact) mass is 208 g/mol. The Balaban J connectivity index is 2.60. The quantitative estimate of drug-likeness (QED) is 0.623. The molecule has 0 amide bonds. The van der Waals surface area contributed by atoms with E-state index in [1.165, 1.54) is 38.3 Å². The summed E-state index contributed by atoms with van der Waals surface area (Å²) in [5.74, 6) is 0. The van der Waals surface area contributed by atoms with Gasteiger partial charge in [-0.3, -0.25) is 0 Å². The number of unbranched alkanes of at least 4 members (excludes halogenated alkanes) is 1. The molecule has 0 nitrogen and oxygen atoms in total. The first-order valence-corrected chi connectivity index (χ1v) is 6.47. The third-order valence-electron chi connectivity index (χ3n) is 2.57. The van der Waals surface area contributed by atoms with Gasteiger partial charge in [0.1, 0.15) is 0 Å². The summed E-state index contributed by atoms with van der Waals surface area (Å²) >= 11 is 0. The first kappa shape index (κ1) is 11.7. The van der Waals surface area contributed by atoms with Crippen molar-refractivity contribution < 1.29 is 0 Å². The van der Waals surface area contributed by atoms with Crippen LogP contribution in [0.25, 0.3) is 0 Å². The molecule has 0 aliphatic rings. The molecule has 1 rings (SSSR count). The number of hydrogen-bond donors (Lipinski definition) is 0. The van der Waals surface area contributed by atoms with Crippen LogP contribution in [0, 0.1) is 0 Å². The van der Waals surface area contributed by atoms with Gasteiger partial charge in [0.15, 0.2) is 0 Å². The Morgan fingerprint density at radius 2 is 1.57 bits per heavy atom. The van der Waals surface area contributed by atoms with Gasteiger partial charge in [-0.25, -0.2) is 0 Å². The Morgan fingerprint density at radius 1 is 1.00 bits per heavy atom. The fourth-order valence-electron chi connectivity index (χ4n) is 1.71. The van der Waals surface area contributed by atoms with Crippen LogP contribution in [0.4, 0.5) is 0 Å². The van der Waals surface area contributed by atoms with Crippen LogP contribution in [0.5, 0.6) is 0 Å². The molecule has 0 spiro atoms. The summed E-state index contributed by atoms with van der Waals surface area (Å²) in [6, 6.07) is 8.89. The molecule has 1 unspecified atom stereocenters. The maximum Gasteiger partial charge on any atom is -0.0273 e. The highest BCUT2D eigenvalue weighted by Crippen LogP contribution is 2.14. The molecular weight excluding hydrogens is 187 g/mol. The molecule has 14 heavy (non-hydrogen) atoms. The minimum atomic E-state index is 1.21. The lowest BCUT2D eigenvalue weighted by Gasteiger charge is -2.07. The van der Waals surface area contributed by atoms with E-state index in [1.807, 2.05) is 0 Å². The van der Waals surface area contributed by atoms with Crippen LogP contribution in [-0.2, 0) is 12.8 Å². The minimum Gasteiger partial charge on any atom is -0.138 e. The third kappa shape index (κ3) is 3.80. The Hall–Kier alpha value is -0.350. The van der Waals surface area contributed by atoms with E-state index in [2.05, 4.69) is 40.4 Å². The van der Waals surface area contributed by atoms with Crippen molar-refractivity contribution in [2.75, 3.05) is 6.16 Å². The van der Waals surface area contributed by atoms with Crippen molar-refractivity contribution in [2.24, 2.45) is 0 Å². The second kappa shape index (κ2) is 7.01. The van der Waals surface area contributed by atoms with Crippen LogP contribution in [0.15, 0.2) is 24.3 Å². The lowest BCUT2D eigenvalue weighted by molar-refractivity contribution is 0.781. The molecule has 1 aromatic rings. The van der Waals surface area contributed by atoms with Crippen molar-refractivity contribution in [1.29, 1.82) is 0 Å². The first-order chi connectivity index (χ1) is 6.88. The van der Waals surface area contributed by atoms with Crippen LogP contribution >= 0.6 is 9.24 Å². The van der Waals surface area contributed by atoms with Gasteiger partial charge < -0.3 is 0 Å². The van der Waals surface area contributed by atoms with Gasteiger partial charge in [0, 0.05) is 0 Å². The van der Waals surface area contributed by atoms with E-state index >= 15 is 0 Å². The Morgan fingerprint density at radius 3 is 2.07 bits per heavy atom. The number of hydrogen-bond acceptors (Lipinski definition) is 0. The number of aryl methyl sites for hydroxylation is 2. The van der Waals surface area contributed by atoms with Gasteiger partial charge in [-0.15, -0.1) is 9.24 Å². The van der Waals surface area contributed by atoms with E-state index in [0.717, 1.165) is 0 Å². The summed E-state index contributed by atoms with van der Waals surface area (Å²) in [7, 11) is 2.80. The average Bonchev–Trinajstić information content (AvgIpc) is 2.24. The number of benzene rings is 1. The Bertz CT molecular complexity index is 228. The summed E-state index contributed by atoms with van der Waals surface area (Å²) in [5, 5.41) is 0. The van der Waals surface area contributed by atoms with Gasteiger partial charge in [-0.05, 0) is 43.0 Å². The molecule has 0 saturated carbocycles. The summed E-state index contributed by atoms with van der Waals surface area (Å²) in [6.07, 6.45) is 7.60. The standard InChI is InChI=1S/C13H21P/c1-2-3-7-12-8-4-5-9-13(12)10-6-11-14/h4-5,8-9H,2-3,6-7,10-11,14H2,1H3. The Kier molecular flexibility index (Phi) is 5.87. The van der Waals surface area contributed by atoms with Gasteiger partial charge in [0.25, 0.3) is 0 Å². The molecule has 0 heterocycles. The molecule has 1 heteroatoms. The normalized spacial score (nSPS) is 10.4. The van der Waals surface area contributed by atoms with Crippen LogP contribution in [0.1, 0.15) is 37.3 Å². The van der Waals surface area contributed by atoms with Crippen molar-refractivity contribution in [3.63, 3.8) is 0 Å². The second-order valence-corrected chi connectivity index (χ2v) is 4.34. The van der Waals surface area contributed by atoms with Gasteiger partial charge in [0.05, 0.1) is 0 Å². The molecule has 0 bridgehead atoms. The van der Waals surface area contributed by atoms with Gasteiger partial charge in [-0.1, -0.05) is 37.6 Å². The molecule has 0 saturated heterocycles. The fraction of sp³-hybridized carbons (Fsp3) is 0.538. The van der Waals surface area contributed by atoms with E-state index in [1.54, 1.807) is 11.1 Å². The van der Waals surface area contributed by atoms with E-state index in [9.17, 15) is 0 Å². The van der Waals surface area contributed by atoms with Crippen LogP contribution in [-0.4, -0.2) is 6.16 Å². The minimum absolute atomic E-state index is 1.21. The second-order valence-electron chi connectivity index (χ2n) is 3.76. The predicted octanol–water partition coefficient (Wildman–Crippen LogP) is 3.84. The molecule has 0 fully saturated rings. The summed E-state index contributed by atoms with van der Waals surface area (Å²) in [5.41, 5.74) is 3.12.